The summed E-state index contributed by atoms with van der Waals surface area (Å²) < 4.78 is 6.28. The maximum atomic E-state index is 6.28. The molecule has 2 N–H and O–H groups in total. The number of ether oxygens (including phenoxy) is 1. The number of hydrogen-bond donors (Lipinski definition) is 1. The largest absolute Gasteiger partial charge is 0.369 e. The van der Waals surface area contributed by atoms with Gasteiger partial charge in [0, 0.05) is 6.54 Å². The van der Waals surface area contributed by atoms with E-state index in [0.717, 1.165) is 31.1 Å². The Labute approximate surface area is 130 Å². The maximum absolute atomic E-state index is 6.28. The minimum Gasteiger partial charge on any atom is -0.369 e. The van der Waals surface area contributed by atoms with Gasteiger partial charge in [0.2, 0.25) is 0 Å². The standard InChI is InChI=1S/C19H31NO/c1-4-16-5-7-17(8-6-16)13-21-19(14-20)11-9-18(10-12-19)15(2)3/h5-8,15,18H,4,9-14,20H2,1-3H3. The summed E-state index contributed by atoms with van der Waals surface area (Å²) in [6.45, 7) is 8.17. The van der Waals surface area contributed by atoms with Gasteiger partial charge in [0.1, 0.15) is 0 Å². The van der Waals surface area contributed by atoms with Crippen molar-refractivity contribution >= 4 is 0 Å². The van der Waals surface area contributed by atoms with Gasteiger partial charge in [-0.2, -0.15) is 0 Å². The molecular weight excluding hydrogens is 258 g/mol. The zero-order valence-electron chi connectivity index (χ0n) is 13.9. The Morgan fingerprint density at radius 1 is 1.14 bits per heavy atom. The second kappa shape index (κ2) is 7.42. The van der Waals surface area contributed by atoms with Crippen molar-refractivity contribution in [3.8, 4) is 0 Å². The summed E-state index contributed by atoms with van der Waals surface area (Å²) in [5, 5.41) is 0. The normalized spacial score (nSPS) is 26.2. The highest BCUT2D eigenvalue weighted by Gasteiger charge is 2.35. The van der Waals surface area contributed by atoms with Gasteiger partial charge in [0.25, 0.3) is 0 Å². The van der Waals surface area contributed by atoms with Crippen LogP contribution in [-0.4, -0.2) is 12.1 Å². The van der Waals surface area contributed by atoms with E-state index in [4.69, 9.17) is 10.5 Å². The van der Waals surface area contributed by atoms with Crippen molar-refractivity contribution in [2.45, 2.75) is 65.1 Å². The fraction of sp³-hybridized carbons (Fsp3) is 0.684. The molecule has 0 amide bonds. The van der Waals surface area contributed by atoms with Crippen molar-refractivity contribution in [3.63, 3.8) is 0 Å². The molecule has 0 unspecified atom stereocenters. The van der Waals surface area contributed by atoms with Gasteiger partial charge in [-0.05, 0) is 55.1 Å². The van der Waals surface area contributed by atoms with Crippen molar-refractivity contribution in [1.82, 2.24) is 0 Å². The Balaban J connectivity index is 1.90. The second-order valence-corrected chi connectivity index (χ2v) is 6.93. The Morgan fingerprint density at radius 2 is 1.71 bits per heavy atom. The Hall–Kier alpha value is -0.860. The summed E-state index contributed by atoms with van der Waals surface area (Å²) in [5.74, 6) is 1.62. The van der Waals surface area contributed by atoms with Crippen LogP contribution in [0.4, 0.5) is 0 Å². The van der Waals surface area contributed by atoms with Crippen LogP contribution in [0.2, 0.25) is 0 Å². The molecule has 0 aromatic heterocycles. The van der Waals surface area contributed by atoms with Gasteiger partial charge in [0.05, 0.1) is 12.2 Å². The van der Waals surface area contributed by atoms with E-state index in [1.54, 1.807) is 0 Å². The minimum atomic E-state index is -0.0885. The van der Waals surface area contributed by atoms with E-state index < -0.39 is 0 Å². The first-order chi connectivity index (χ1) is 10.1. The van der Waals surface area contributed by atoms with Crippen molar-refractivity contribution in [2.75, 3.05) is 6.54 Å². The molecule has 1 aliphatic carbocycles. The summed E-state index contributed by atoms with van der Waals surface area (Å²) >= 11 is 0. The molecule has 0 aliphatic heterocycles. The van der Waals surface area contributed by atoms with Crippen LogP contribution in [0.15, 0.2) is 24.3 Å². The summed E-state index contributed by atoms with van der Waals surface area (Å²) in [6.07, 6.45) is 5.82. The second-order valence-electron chi connectivity index (χ2n) is 6.93. The molecule has 1 fully saturated rings. The molecule has 0 bridgehead atoms. The van der Waals surface area contributed by atoms with Crippen LogP contribution in [-0.2, 0) is 17.8 Å². The molecule has 1 saturated carbocycles. The third-order valence-electron chi connectivity index (χ3n) is 5.23. The van der Waals surface area contributed by atoms with E-state index in [2.05, 4.69) is 45.0 Å². The van der Waals surface area contributed by atoms with E-state index in [-0.39, 0.29) is 5.60 Å². The lowest BCUT2D eigenvalue weighted by Gasteiger charge is -2.40. The zero-order valence-corrected chi connectivity index (χ0v) is 13.9. The highest BCUT2D eigenvalue weighted by molar-refractivity contribution is 5.21. The number of rotatable bonds is 6. The average Bonchev–Trinajstić information content (AvgIpc) is 2.53. The van der Waals surface area contributed by atoms with Gasteiger partial charge in [-0.3, -0.25) is 0 Å². The molecular formula is C19H31NO. The Bertz CT molecular complexity index is 416. The maximum Gasteiger partial charge on any atom is 0.0808 e. The van der Waals surface area contributed by atoms with Crippen LogP contribution in [0.1, 0.15) is 57.6 Å². The van der Waals surface area contributed by atoms with E-state index in [9.17, 15) is 0 Å². The van der Waals surface area contributed by atoms with Crippen LogP contribution in [0.3, 0.4) is 0 Å². The van der Waals surface area contributed by atoms with Crippen LogP contribution in [0.25, 0.3) is 0 Å². The first-order valence-electron chi connectivity index (χ1n) is 8.50. The molecule has 1 aliphatic rings. The molecule has 1 aromatic rings. The zero-order chi connectivity index (χ0) is 15.3. The van der Waals surface area contributed by atoms with Crippen molar-refractivity contribution in [1.29, 1.82) is 0 Å². The molecule has 0 saturated heterocycles. The van der Waals surface area contributed by atoms with Crippen LogP contribution >= 0.6 is 0 Å². The molecule has 0 atom stereocenters. The van der Waals surface area contributed by atoms with Crippen molar-refractivity contribution < 1.29 is 4.74 Å². The highest BCUT2D eigenvalue weighted by atomic mass is 16.5. The van der Waals surface area contributed by atoms with Crippen molar-refractivity contribution in [2.24, 2.45) is 17.6 Å². The van der Waals surface area contributed by atoms with E-state index in [1.165, 1.54) is 24.0 Å². The lowest BCUT2D eigenvalue weighted by atomic mass is 9.74. The molecule has 0 radical (unpaired) electrons. The lowest BCUT2D eigenvalue weighted by molar-refractivity contribution is -0.0840. The number of nitrogens with two attached hydrogens (primary N) is 1. The Morgan fingerprint density at radius 3 is 2.19 bits per heavy atom. The summed E-state index contributed by atoms with van der Waals surface area (Å²) in [4.78, 5) is 0. The predicted octanol–water partition coefficient (Wildman–Crippen LogP) is 4.31. The van der Waals surface area contributed by atoms with Crippen LogP contribution in [0.5, 0.6) is 0 Å². The number of aryl methyl sites for hydroxylation is 1. The summed E-state index contributed by atoms with van der Waals surface area (Å²) in [6, 6.07) is 8.76. The third-order valence-corrected chi connectivity index (χ3v) is 5.23. The monoisotopic (exact) mass is 289 g/mol. The third kappa shape index (κ3) is 4.31. The average molecular weight is 289 g/mol. The molecule has 2 heteroatoms. The van der Waals surface area contributed by atoms with Gasteiger partial charge in [-0.1, -0.05) is 45.0 Å². The number of benzene rings is 1. The van der Waals surface area contributed by atoms with E-state index in [0.29, 0.717) is 13.2 Å². The van der Waals surface area contributed by atoms with Crippen LogP contribution in [0, 0.1) is 11.8 Å². The molecule has 21 heavy (non-hydrogen) atoms. The topological polar surface area (TPSA) is 35.2 Å². The van der Waals surface area contributed by atoms with Gasteiger partial charge in [-0.25, -0.2) is 0 Å². The fourth-order valence-corrected chi connectivity index (χ4v) is 3.35. The molecule has 118 valence electrons. The SMILES string of the molecule is CCc1ccc(COC2(CN)CCC(C(C)C)CC2)cc1. The smallest absolute Gasteiger partial charge is 0.0808 e. The Kier molecular flexibility index (Phi) is 5.83. The van der Waals surface area contributed by atoms with Gasteiger partial charge in [0.15, 0.2) is 0 Å². The van der Waals surface area contributed by atoms with Gasteiger partial charge < -0.3 is 10.5 Å². The molecule has 2 nitrogen and oxygen atoms in total. The van der Waals surface area contributed by atoms with Crippen molar-refractivity contribution in [3.05, 3.63) is 35.4 Å². The highest BCUT2D eigenvalue weighted by Crippen LogP contribution is 2.38. The first kappa shape index (κ1) is 16.5. The molecule has 1 aromatic carbocycles. The van der Waals surface area contributed by atoms with E-state index >= 15 is 0 Å². The van der Waals surface area contributed by atoms with Gasteiger partial charge in [-0.15, -0.1) is 0 Å². The first-order valence-corrected chi connectivity index (χ1v) is 8.50. The summed E-state index contributed by atoms with van der Waals surface area (Å²) in [7, 11) is 0. The van der Waals surface area contributed by atoms with Crippen LogP contribution < -0.4 is 5.73 Å². The molecule has 0 heterocycles. The quantitative estimate of drug-likeness (QED) is 0.847. The summed E-state index contributed by atoms with van der Waals surface area (Å²) in [5.41, 5.74) is 8.59. The minimum absolute atomic E-state index is 0.0885. The molecule has 2 rings (SSSR count). The number of hydrogen-bond acceptors (Lipinski definition) is 2. The van der Waals surface area contributed by atoms with Gasteiger partial charge >= 0.3 is 0 Å². The molecule has 0 spiro atoms. The lowest BCUT2D eigenvalue weighted by Crippen LogP contribution is -2.44. The fourth-order valence-electron chi connectivity index (χ4n) is 3.35. The predicted molar refractivity (Wildman–Crippen MR) is 89.2 cm³/mol. The van der Waals surface area contributed by atoms with E-state index in [1.807, 2.05) is 0 Å².